The summed E-state index contributed by atoms with van der Waals surface area (Å²) in [5.74, 6) is -1.62. The van der Waals surface area contributed by atoms with Crippen LogP contribution in [0.1, 0.15) is 16.7 Å². The number of hydrogen-bond donors (Lipinski definition) is 4. The van der Waals surface area contributed by atoms with E-state index in [1.54, 1.807) is 35.8 Å². The Kier molecular flexibility index (Phi) is 8.17. The number of nitrogens with zero attached hydrogens (tertiary/aromatic N) is 1. The molecular weight excluding hydrogens is 383 g/mol. The van der Waals surface area contributed by atoms with Gasteiger partial charge in [0.05, 0.1) is 17.5 Å². The van der Waals surface area contributed by atoms with Crippen LogP contribution in [0.5, 0.6) is 0 Å². The second-order valence-electron chi connectivity index (χ2n) is 5.66. The summed E-state index contributed by atoms with van der Waals surface area (Å²) in [5, 5.41) is 24.6. The summed E-state index contributed by atoms with van der Waals surface area (Å²) in [6, 6.07) is 5.02. The van der Waals surface area contributed by atoms with Crippen LogP contribution in [-0.2, 0) is 11.3 Å². The molecule has 0 unspecified atom stereocenters. The van der Waals surface area contributed by atoms with Gasteiger partial charge in [0.1, 0.15) is 17.8 Å². The van der Waals surface area contributed by atoms with Crippen molar-refractivity contribution in [2.24, 2.45) is 0 Å². The van der Waals surface area contributed by atoms with E-state index in [0.717, 1.165) is 15.4 Å². The van der Waals surface area contributed by atoms with Crippen molar-refractivity contribution in [1.82, 2.24) is 15.6 Å². The maximum Gasteiger partial charge on any atom is 0.315 e. The van der Waals surface area contributed by atoms with Gasteiger partial charge in [0.2, 0.25) is 0 Å². The molecule has 0 saturated heterocycles. The van der Waals surface area contributed by atoms with Crippen molar-refractivity contribution >= 4 is 17.2 Å². The Morgan fingerprint density at radius 1 is 1.26 bits per heavy atom. The Morgan fingerprint density at radius 2 is 1.96 bits per heavy atom. The molecule has 0 bridgehead atoms. The number of carbonyl (C=O) groups excluding carboxylic acids is 1. The highest BCUT2D eigenvalue weighted by Crippen LogP contribution is 2.28. The van der Waals surface area contributed by atoms with Crippen LogP contribution < -0.4 is 10.6 Å². The van der Waals surface area contributed by atoms with Gasteiger partial charge in [0.25, 0.3) is 5.91 Å². The molecule has 1 heterocycles. The van der Waals surface area contributed by atoms with Gasteiger partial charge in [0.15, 0.2) is 0 Å². The van der Waals surface area contributed by atoms with E-state index < -0.39 is 31.2 Å². The summed E-state index contributed by atoms with van der Waals surface area (Å²) in [4.78, 5) is 16.2. The van der Waals surface area contributed by atoms with E-state index >= 15 is 0 Å². The zero-order valence-electron chi connectivity index (χ0n) is 14.2. The fraction of sp³-hybridized carbons (Fsp3) is 0.412. The first-order valence-corrected chi connectivity index (χ1v) is 8.97. The lowest BCUT2D eigenvalue weighted by Gasteiger charge is -2.21. The zero-order chi connectivity index (χ0) is 19.8. The monoisotopic (exact) mass is 403 g/mol. The predicted octanol–water partition coefficient (Wildman–Crippen LogP) is 1.64. The molecule has 0 saturated carbocycles. The topological polar surface area (TPSA) is 94.5 Å². The maximum atomic E-state index is 13.0. The van der Waals surface area contributed by atoms with Crippen LogP contribution in [0, 0.1) is 0 Å². The van der Waals surface area contributed by atoms with Crippen LogP contribution in [0.25, 0.3) is 10.4 Å². The Bertz CT molecular complexity index is 728. The standard InChI is InChI=1S/C17H20F3N3O3S/c18-7-12(23-17(26)16(19)20)15(25)11-3-1-10(2-4-11)13-8-22-14(27-13)9-21-5-6-24/h1-4,8,12,15-16,21,24-25H,5-7,9H2,(H,23,26)/t12-,15-/m1/s1. The van der Waals surface area contributed by atoms with E-state index in [-0.39, 0.29) is 6.61 Å². The van der Waals surface area contributed by atoms with Crippen LogP contribution >= 0.6 is 11.3 Å². The zero-order valence-corrected chi connectivity index (χ0v) is 15.1. The number of alkyl halides is 3. The third-order valence-electron chi connectivity index (χ3n) is 3.73. The number of thiazole rings is 1. The first-order valence-electron chi connectivity index (χ1n) is 8.15. The van der Waals surface area contributed by atoms with Gasteiger partial charge in [-0.15, -0.1) is 11.3 Å². The average molecular weight is 403 g/mol. The lowest BCUT2D eigenvalue weighted by atomic mass is 10.0. The number of aromatic nitrogens is 1. The third kappa shape index (κ3) is 5.99. The quantitative estimate of drug-likeness (QED) is 0.453. The summed E-state index contributed by atoms with van der Waals surface area (Å²) in [5.41, 5.74) is 1.12. The molecular formula is C17H20F3N3O3S. The van der Waals surface area contributed by atoms with Gasteiger partial charge >= 0.3 is 6.43 Å². The van der Waals surface area contributed by atoms with E-state index in [4.69, 9.17) is 5.11 Å². The number of aliphatic hydroxyl groups is 2. The molecule has 2 aromatic rings. The molecule has 148 valence electrons. The highest BCUT2D eigenvalue weighted by atomic mass is 32.1. The van der Waals surface area contributed by atoms with E-state index in [1.807, 2.05) is 0 Å². The molecule has 10 heteroatoms. The minimum atomic E-state index is -3.28. The second-order valence-corrected chi connectivity index (χ2v) is 6.77. The summed E-state index contributed by atoms with van der Waals surface area (Å²) >= 11 is 1.46. The molecule has 1 aromatic heterocycles. The number of amides is 1. The molecule has 0 radical (unpaired) electrons. The fourth-order valence-electron chi connectivity index (χ4n) is 2.32. The Hall–Kier alpha value is -2.01. The van der Waals surface area contributed by atoms with Crippen molar-refractivity contribution in [3.63, 3.8) is 0 Å². The molecule has 27 heavy (non-hydrogen) atoms. The molecule has 0 aliphatic rings. The second kappa shape index (κ2) is 10.4. The SMILES string of the molecule is O=C(N[C@H](CF)[C@H](O)c1ccc(-c2cnc(CNCCO)s2)cc1)C(F)F. The van der Waals surface area contributed by atoms with Crippen LogP contribution in [0.15, 0.2) is 30.5 Å². The Labute approximate surface area is 158 Å². The summed E-state index contributed by atoms with van der Waals surface area (Å²) in [6.45, 7) is -0.135. The molecule has 1 amide bonds. The number of aliphatic hydroxyl groups excluding tert-OH is 2. The molecule has 4 N–H and O–H groups in total. The van der Waals surface area contributed by atoms with Crippen molar-refractivity contribution in [2.75, 3.05) is 19.8 Å². The fourth-order valence-corrected chi connectivity index (χ4v) is 3.22. The van der Waals surface area contributed by atoms with Crippen molar-refractivity contribution in [2.45, 2.75) is 25.1 Å². The number of halogens is 3. The van der Waals surface area contributed by atoms with E-state index in [2.05, 4.69) is 10.3 Å². The van der Waals surface area contributed by atoms with Crippen LogP contribution in [-0.4, -0.2) is 53.4 Å². The van der Waals surface area contributed by atoms with E-state index in [9.17, 15) is 23.1 Å². The highest BCUT2D eigenvalue weighted by Gasteiger charge is 2.26. The van der Waals surface area contributed by atoms with Gasteiger partial charge in [-0.3, -0.25) is 4.79 Å². The Balaban J connectivity index is 2.04. The van der Waals surface area contributed by atoms with Gasteiger partial charge in [-0.2, -0.15) is 8.78 Å². The molecule has 0 fully saturated rings. The van der Waals surface area contributed by atoms with E-state index in [0.29, 0.717) is 18.7 Å². The van der Waals surface area contributed by atoms with Crippen molar-refractivity contribution < 1.29 is 28.2 Å². The van der Waals surface area contributed by atoms with Crippen molar-refractivity contribution in [1.29, 1.82) is 0 Å². The van der Waals surface area contributed by atoms with Gasteiger partial charge < -0.3 is 20.8 Å². The lowest BCUT2D eigenvalue weighted by Crippen LogP contribution is -2.43. The Morgan fingerprint density at radius 3 is 2.56 bits per heavy atom. The molecule has 2 atom stereocenters. The third-order valence-corrected chi connectivity index (χ3v) is 4.77. The smallest absolute Gasteiger partial charge is 0.315 e. The number of rotatable bonds is 10. The molecule has 0 spiro atoms. The summed E-state index contributed by atoms with van der Waals surface area (Å²) in [6.07, 6.45) is -3.04. The predicted molar refractivity (Wildman–Crippen MR) is 95.2 cm³/mol. The summed E-state index contributed by atoms with van der Waals surface area (Å²) in [7, 11) is 0. The number of hydrogen-bond acceptors (Lipinski definition) is 6. The molecule has 1 aromatic carbocycles. The van der Waals surface area contributed by atoms with Gasteiger partial charge in [-0.05, 0) is 11.1 Å². The van der Waals surface area contributed by atoms with Crippen LogP contribution in [0.2, 0.25) is 0 Å². The number of nitrogens with one attached hydrogen (secondary N) is 2. The lowest BCUT2D eigenvalue weighted by molar-refractivity contribution is -0.133. The normalized spacial score (nSPS) is 13.6. The van der Waals surface area contributed by atoms with Crippen molar-refractivity contribution in [3.05, 3.63) is 41.0 Å². The summed E-state index contributed by atoms with van der Waals surface area (Å²) < 4.78 is 37.6. The minimum absolute atomic E-state index is 0.0413. The minimum Gasteiger partial charge on any atom is -0.395 e. The van der Waals surface area contributed by atoms with E-state index in [1.165, 1.54) is 11.3 Å². The largest absolute Gasteiger partial charge is 0.395 e. The average Bonchev–Trinajstić information content (AvgIpc) is 3.14. The first-order chi connectivity index (χ1) is 13.0. The number of carbonyl (C=O) groups is 1. The van der Waals surface area contributed by atoms with Gasteiger partial charge in [0, 0.05) is 19.3 Å². The first kappa shape index (κ1) is 21.3. The van der Waals surface area contributed by atoms with Crippen molar-refractivity contribution in [3.8, 4) is 10.4 Å². The highest BCUT2D eigenvalue weighted by molar-refractivity contribution is 7.15. The molecule has 2 rings (SSSR count). The maximum absolute atomic E-state index is 13.0. The molecule has 6 nitrogen and oxygen atoms in total. The van der Waals surface area contributed by atoms with Gasteiger partial charge in [-0.1, -0.05) is 24.3 Å². The van der Waals surface area contributed by atoms with Gasteiger partial charge in [-0.25, -0.2) is 9.37 Å². The molecule has 0 aliphatic carbocycles. The number of benzene rings is 1. The van der Waals surface area contributed by atoms with Crippen LogP contribution in [0.4, 0.5) is 13.2 Å². The van der Waals surface area contributed by atoms with Crippen LogP contribution in [0.3, 0.4) is 0 Å². The molecule has 0 aliphatic heterocycles.